The first-order valence-electron chi connectivity index (χ1n) is 24.6. The molecule has 5 heteroatoms. The molecule has 72 heavy (non-hydrogen) atoms. The first-order chi connectivity index (χ1) is 35.6. The highest BCUT2D eigenvalue weighted by atomic mass is 15.2. The molecule has 1 aliphatic carbocycles. The number of hydrogen-bond donors (Lipinski definition) is 0. The summed E-state index contributed by atoms with van der Waals surface area (Å²) in [4.78, 5) is 17.4. The number of pyridine rings is 2. The minimum Gasteiger partial charge on any atom is -0.310 e. The van der Waals surface area contributed by atoms with E-state index in [2.05, 4.69) is 277 Å². The van der Waals surface area contributed by atoms with Crippen molar-refractivity contribution in [3.05, 3.63) is 294 Å². The van der Waals surface area contributed by atoms with Gasteiger partial charge >= 0.3 is 0 Å². The molecule has 11 aromatic rings. The van der Waals surface area contributed by atoms with Crippen LogP contribution in [0.5, 0.6) is 0 Å². The predicted molar refractivity (Wildman–Crippen MR) is 297 cm³/mol. The molecular weight excluding hydrogens is 875 g/mol. The first kappa shape index (κ1) is 42.8. The molecular formula is C67H49N5. The fourth-order valence-electron chi connectivity index (χ4n) is 11.5. The molecule has 2 aliphatic rings. The van der Waals surface area contributed by atoms with Crippen LogP contribution in [0.25, 0.3) is 33.6 Å². The van der Waals surface area contributed by atoms with Gasteiger partial charge in [-0.3, -0.25) is 9.97 Å². The van der Waals surface area contributed by atoms with Crippen LogP contribution in [0.2, 0.25) is 0 Å². The van der Waals surface area contributed by atoms with Gasteiger partial charge in [-0.1, -0.05) is 127 Å². The SMILES string of the molecule is Cc1cc(N(c2ccccc2)c2ccccc2)ccc1-c1ccc2c(c1)C1(c3cc(-c4ccc(N(c5ccccc5)c5ccccc5)cc4C)ccc3N2c2ccccc2)c2cccnc2-c2ncccc21. The maximum absolute atomic E-state index is 5.13. The van der Waals surface area contributed by atoms with Crippen molar-refractivity contribution in [3.8, 4) is 33.6 Å². The Morgan fingerprint density at radius 1 is 0.333 bits per heavy atom. The maximum Gasteiger partial charge on any atom is 0.0937 e. The second-order valence-corrected chi connectivity index (χ2v) is 18.7. The molecule has 3 heterocycles. The van der Waals surface area contributed by atoms with Gasteiger partial charge in [0.25, 0.3) is 0 Å². The van der Waals surface area contributed by atoms with E-state index >= 15 is 0 Å². The van der Waals surface area contributed by atoms with E-state index in [1.54, 1.807) is 0 Å². The summed E-state index contributed by atoms with van der Waals surface area (Å²) in [5.41, 5.74) is 22.7. The minimum absolute atomic E-state index is 0.758. The Labute approximate surface area is 421 Å². The normalized spacial score (nSPS) is 12.7. The number of aryl methyl sites for hydroxylation is 2. The molecule has 0 radical (unpaired) electrons. The smallest absolute Gasteiger partial charge is 0.0937 e. The quantitative estimate of drug-likeness (QED) is 0.144. The van der Waals surface area contributed by atoms with Crippen LogP contribution < -0.4 is 14.7 Å². The van der Waals surface area contributed by atoms with Crippen LogP contribution in [-0.2, 0) is 5.41 Å². The molecule has 9 aromatic carbocycles. The van der Waals surface area contributed by atoms with Gasteiger partial charge in [0.05, 0.1) is 28.2 Å². The molecule has 0 atom stereocenters. The lowest BCUT2D eigenvalue weighted by Gasteiger charge is -2.45. The van der Waals surface area contributed by atoms with E-state index in [1.165, 1.54) is 33.4 Å². The Kier molecular flexibility index (Phi) is 10.4. The number of fused-ring (bicyclic) bond motifs is 9. The van der Waals surface area contributed by atoms with E-state index in [0.29, 0.717) is 0 Å². The number of nitrogens with zero attached hydrogens (tertiary/aromatic N) is 5. The van der Waals surface area contributed by atoms with Crippen LogP contribution in [0.4, 0.5) is 51.2 Å². The largest absolute Gasteiger partial charge is 0.310 e. The summed E-state index contributed by atoms with van der Waals surface area (Å²) in [6.07, 6.45) is 3.81. The van der Waals surface area contributed by atoms with Gasteiger partial charge in [0.2, 0.25) is 0 Å². The van der Waals surface area contributed by atoms with Gasteiger partial charge in [-0.2, -0.15) is 0 Å². The third-order valence-electron chi connectivity index (χ3n) is 14.6. The van der Waals surface area contributed by atoms with Gasteiger partial charge in [0.15, 0.2) is 0 Å². The predicted octanol–water partition coefficient (Wildman–Crippen LogP) is 17.5. The highest BCUT2D eigenvalue weighted by molar-refractivity contribution is 5.97. The van der Waals surface area contributed by atoms with Crippen LogP contribution in [-0.4, -0.2) is 9.97 Å². The van der Waals surface area contributed by atoms with Crippen LogP contribution >= 0.6 is 0 Å². The number of para-hydroxylation sites is 5. The number of aromatic nitrogens is 2. The van der Waals surface area contributed by atoms with E-state index in [-0.39, 0.29) is 0 Å². The minimum atomic E-state index is -0.758. The van der Waals surface area contributed by atoms with E-state index in [0.717, 1.165) is 84.8 Å². The van der Waals surface area contributed by atoms with Crippen molar-refractivity contribution in [1.29, 1.82) is 0 Å². The topological polar surface area (TPSA) is 35.5 Å². The van der Waals surface area contributed by atoms with Crippen LogP contribution in [0, 0.1) is 13.8 Å². The van der Waals surface area contributed by atoms with Gasteiger partial charge in [0, 0.05) is 52.2 Å². The second-order valence-electron chi connectivity index (χ2n) is 18.7. The zero-order chi connectivity index (χ0) is 48.2. The fourth-order valence-corrected chi connectivity index (χ4v) is 11.5. The lowest BCUT2D eigenvalue weighted by atomic mass is 9.64. The van der Waals surface area contributed by atoms with Crippen molar-refractivity contribution in [2.75, 3.05) is 14.7 Å². The Bertz CT molecular complexity index is 3470. The molecule has 0 fully saturated rings. The molecule has 5 nitrogen and oxygen atoms in total. The van der Waals surface area contributed by atoms with Crippen LogP contribution in [0.3, 0.4) is 0 Å². The Hall–Kier alpha value is -9.32. The van der Waals surface area contributed by atoms with Gasteiger partial charge in [-0.25, -0.2) is 0 Å². The summed E-state index contributed by atoms with van der Waals surface area (Å²) < 4.78 is 0. The third-order valence-corrected chi connectivity index (χ3v) is 14.6. The summed E-state index contributed by atoms with van der Waals surface area (Å²) in [6.45, 7) is 4.47. The standard InChI is InChI=1S/C67H49N5/c1-46-42-55(70(50-20-8-3-9-21-50)51-22-10-4-11-23-51)34-36-57(46)48-32-38-63-61(44-48)67(59-30-18-40-68-65(59)66-60(67)31-19-41-69-66)62-45-49(33-39-64(62)72(63)54-28-16-7-17-29-54)58-37-35-56(43-47(58)2)71(52-24-12-5-13-25-52)53-26-14-6-15-27-53/h3-45H,1-2H3. The molecule has 1 aliphatic heterocycles. The zero-order valence-corrected chi connectivity index (χ0v) is 40.1. The van der Waals surface area contributed by atoms with Crippen molar-refractivity contribution in [3.63, 3.8) is 0 Å². The molecule has 0 saturated heterocycles. The van der Waals surface area contributed by atoms with Gasteiger partial charge in [-0.15, -0.1) is 0 Å². The van der Waals surface area contributed by atoms with E-state index in [4.69, 9.17) is 9.97 Å². The van der Waals surface area contributed by atoms with Crippen molar-refractivity contribution in [2.45, 2.75) is 19.3 Å². The van der Waals surface area contributed by atoms with Crippen molar-refractivity contribution < 1.29 is 0 Å². The Morgan fingerprint density at radius 2 is 0.708 bits per heavy atom. The number of hydrogen-bond acceptors (Lipinski definition) is 5. The average Bonchev–Trinajstić information content (AvgIpc) is 3.73. The maximum atomic E-state index is 5.13. The highest BCUT2D eigenvalue weighted by Gasteiger charge is 2.53. The van der Waals surface area contributed by atoms with E-state index < -0.39 is 5.41 Å². The molecule has 0 unspecified atom stereocenters. The second kappa shape index (κ2) is 17.6. The Morgan fingerprint density at radius 3 is 1.08 bits per heavy atom. The molecule has 1 spiro atoms. The summed E-state index contributed by atoms with van der Waals surface area (Å²) in [6, 6.07) is 89.9. The zero-order valence-electron chi connectivity index (χ0n) is 40.1. The molecule has 13 rings (SSSR count). The number of benzene rings is 9. The first-order valence-corrected chi connectivity index (χ1v) is 24.6. The van der Waals surface area contributed by atoms with Crippen LogP contribution in [0.15, 0.2) is 261 Å². The molecule has 0 N–H and O–H groups in total. The molecule has 0 bridgehead atoms. The lowest BCUT2D eigenvalue weighted by molar-refractivity contribution is 0.750. The van der Waals surface area contributed by atoms with Crippen molar-refractivity contribution >= 4 is 51.2 Å². The summed E-state index contributed by atoms with van der Waals surface area (Å²) in [5, 5.41) is 0. The summed E-state index contributed by atoms with van der Waals surface area (Å²) >= 11 is 0. The molecule has 0 saturated carbocycles. The molecule has 2 aromatic heterocycles. The highest BCUT2D eigenvalue weighted by Crippen LogP contribution is 2.63. The van der Waals surface area contributed by atoms with Crippen LogP contribution in [0.1, 0.15) is 33.4 Å². The molecule has 0 amide bonds. The Balaban J connectivity index is 1.02. The van der Waals surface area contributed by atoms with Gasteiger partial charge in [0.1, 0.15) is 0 Å². The van der Waals surface area contributed by atoms with Gasteiger partial charge < -0.3 is 14.7 Å². The third kappa shape index (κ3) is 6.92. The summed E-state index contributed by atoms with van der Waals surface area (Å²) in [7, 11) is 0. The van der Waals surface area contributed by atoms with Crippen molar-refractivity contribution in [1.82, 2.24) is 9.97 Å². The van der Waals surface area contributed by atoms with Gasteiger partial charge in [-0.05, 0) is 191 Å². The number of anilines is 9. The number of rotatable bonds is 9. The van der Waals surface area contributed by atoms with E-state index in [1.807, 2.05) is 12.4 Å². The monoisotopic (exact) mass is 923 g/mol. The van der Waals surface area contributed by atoms with Crippen molar-refractivity contribution in [2.24, 2.45) is 0 Å². The average molecular weight is 924 g/mol. The van der Waals surface area contributed by atoms with E-state index in [9.17, 15) is 0 Å². The fraction of sp³-hybridized carbons (Fsp3) is 0.0448. The molecule has 342 valence electrons. The summed E-state index contributed by atoms with van der Waals surface area (Å²) in [5.74, 6) is 0. The lowest BCUT2D eigenvalue weighted by Crippen LogP contribution is -2.36.